The van der Waals surface area contributed by atoms with Gasteiger partial charge in [0, 0.05) is 16.9 Å². The Bertz CT molecular complexity index is 766. The molecule has 0 aliphatic carbocycles. The third kappa shape index (κ3) is 4.96. The molecule has 0 bridgehead atoms. The molecule has 2 aromatic rings. The first-order valence-electron chi connectivity index (χ1n) is 6.69. The van der Waals surface area contributed by atoms with E-state index in [0.717, 1.165) is 17.8 Å². The lowest BCUT2D eigenvalue weighted by molar-refractivity contribution is -0.137. The van der Waals surface area contributed by atoms with E-state index >= 15 is 0 Å². The summed E-state index contributed by atoms with van der Waals surface area (Å²) in [5.74, 6) is 0. The van der Waals surface area contributed by atoms with Crippen LogP contribution in [0.25, 0.3) is 0 Å². The van der Waals surface area contributed by atoms with Crippen molar-refractivity contribution in [3.05, 3.63) is 57.3 Å². The molecule has 1 aromatic carbocycles. The van der Waals surface area contributed by atoms with Gasteiger partial charge in [-0.3, -0.25) is 4.98 Å². The van der Waals surface area contributed by atoms with E-state index in [4.69, 9.17) is 35.4 Å². The summed E-state index contributed by atoms with van der Waals surface area (Å²) in [6.07, 6.45) is -3.75. The Balaban J connectivity index is 1.97. The lowest BCUT2D eigenvalue weighted by Gasteiger charge is -2.13. The van der Waals surface area contributed by atoms with Gasteiger partial charge in [0.15, 0.2) is 5.11 Å². The van der Waals surface area contributed by atoms with Crippen LogP contribution in [0.15, 0.2) is 30.5 Å². The van der Waals surface area contributed by atoms with Gasteiger partial charge in [-0.2, -0.15) is 13.2 Å². The highest BCUT2D eigenvalue weighted by atomic mass is 35.5. The van der Waals surface area contributed by atoms with Crippen LogP contribution < -0.4 is 10.6 Å². The van der Waals surface area contributed by atoms with Crippen molar-refractivity contribution in [3.63, 3.8) is 0 Å². The number of hydrogen-bond donors (Lipinski definition) is 2. The van der Waals surface area contributed by atoms with E-state index < -0.39 is 11.7 Å². The summed E-state index contributed by atoms with van der Waals surface area (Å²) in [4.78, 5) is 3.73. The summed E-state index contributed by atoms with van der Waals surface area (Å²) in [5, 5.41) is 6.53. The maximum Gasteiger partial charge on any atom is 0.417 e. The number of nitrogens with zero attached hydrogens (tertiary/aromatic N) is 1. The first-order valence-corrected chi connectivity index (χ1v) is 7.86. The second-order valence-electron chi connectivity index (χ2n) is 4.92. The van der Waals surface area contributed by atoms with E-state index in [0.29, 0.717) is 10.7 Å². The van der Waals surface area contributed by atoms with Crippen molar-refractivity contribution in [2.75, 3.05) is 5.32 Å². The fourth-order valence-corrected chi connectivity index (χ4v) is 2.36. The van der Waals surface area contributed by atoms with Gasteiger partial charge in [0.2, 0.25) is 0 Å². The van der Waals surface area contributed by atoms with Gasteiger partial charge in [-0.1, -0.05) is 29.3 Å². The third-order valence-corrected chi connectivity index (χ3v) is 4.07. The molecule has 0 saturated carbocycles. The second-order valence-corrected chi connectivity index (χ2v) is 6.14. The standard InChI is InChI=1S/C15H12Cl2F3N3S/c1-8-2-3-10(5-11(8)16)23-14(24)22-7-13-12(17)4-9(6-21-13)15(18,19)20/h2-6H,7H2,1H3,(H2,22,23,24). The second kappa shape index (κ2) is 7.55. The molecule has 0 aliphatic heterocycles. The Morgan fingerprint density at radius 3 is 2.50 bits per heavy atom. The predicted octanol–water partition coefficient (Wildman–Crippen LogP) is 5.20. The van der Waals surface area contributed by atoms with E-state index in [1.165, 1.54) is 0 Å². The van der Waals surface area contributed by atoms with Crippen LogP contribution in [0.1, 0.15) is 16.8 Å². The van der Waals surface area contributed by atoms with Crippen LogP contribution in [0.3, 0.4) is 0 Å². The molecule has 128 valence electrons. The van der Waals surface area contributed by atoms with Crippen LogP contribution in [0, 0.1) is 6.92 Å². The van der Waals surface area contributed by atoms with Crippen molar-refractivity contribution in [3.8, 4) is 0 Å². The number of anilines is 1. The monoisotopic (exact) mass is 393 g/mol. The van der Waals surface area contributed by atoms with E-state index in [9.17, 15) is 13.2 Å². The first kappa shape index (κ1) is 18.8. The van der Waals surface area contributed by atoms with Crippen LogP contribution in [0.4, 0.5) is 18.9 Å². The Kier molecular flexibility index (Phi) is 5.90. The molecule has 0 spiro atoms. The molecule has 0 radical (unpaired) electrons. The van der Waals surface area contributed by atoms with E-state index in [2.05, 4.69) is 15.6 Å². The third-order valence-electron chi connectivity index (χ3n) is 3.09. The molecule has 0 fully saturated rings. The number of aryl methyl sites for hydroxylation is 1. The number of alkyl halides is 3. The Labute approximate surface area is 152 Å². The van der Waals surface area contributed by atoms with Gasteiger partial charge in [0.1, 0.15) is 0 Å². The largest absolute Gasteiger partial charge is 0.417 e. The minimum absolute atomic E-state index is 0.0847. The smallest absolute Gasteiger partial charge is 0.357 e. The highest BCUT2D eigenvalue weighted by molar-refractivity contribution is 7.80. The first-order chi connectivity index (χ1) is 11.2. The number of aromatic nitrogens is 1. The predicted molar refractivity (Wildman–Crippen MR) is 93.5 cm³/mol. The lowest BCUT2D eigenvalue weighted by Crippen LogP contribution is -2.28. The Hall–Kier alpha value is -1.57. The summed E-state index contributed by atoms with van der Waals surface area (Å²) in [7, 11) is 0. The maximum atomic E-state index is 12.6. The number of nitrogens with one attached hydrogen (secondary N) is 2. The zero-order valence-corrected chi connectivity index (χ0v) is 14.7. The van der Waals surface area contributed by atoms with Crippen LogP contribution >= 0.6 is 35.4 Å². The maximum absolute atomic E-state index is 12.6. The van der Waals surface area contributed by atoms with Gasteiger partial charge < -0.3 is 10.6 Å². The summed E-state index contributed by atoms with van der Waals surface area (Å²) >= 11 is 17.0. The fourth-order valence-electron chi connectivity index (χ4n) is 1.76. The Morgan fingerprint density at radius 2 is 1.92 bits per heavy atom. The van der Waals surface area contributed by atoms with Crippen molar-refractivity contribution in [1.29, 1.82) is 0 Å². The summed E-state index contributed by atoms with van der Waals surface area (Å²) in [6.45, 7) is 1.96. The number of pyridine rings is 1. The minimum atomic E-state index is -4.48. The molecule has 0 unspecified atom stereocenters. The molecule has 3 nitrogen and oxygen atoms in total. The van der Waals surface area contributed by atoms with Crippen LogP contribution in [0.2, 0.25) is 10.0 Å². The van der Waals surface area contributed by atoms with Gasteiger partial charge in [-0.05, 0) is 42.9 Å². The molecule has 0 aliphatic rings. The number of benzene rings is 1. The SMILES string of the molecule is Cc1ccc(NC(=S)NCc2ncc(C(F)(F)F)cc2Cl)cc1Cl. The quantitative estimate of drug-likeness (QED) is 0.702. The number of rotatable bonds is 3. The zero-order chi connectivity index (χ0) is 17.9. The lowest BCUT2D eigenvalue weighted by atomic mass is 10.2. The zero-order valence-electron chi connectivity index (χ0n) is 12.3. The molecule has 1 heterocycles. The molecular weight excluding hydrogens is 382 g/mol. The van der Waals surface area contributed by atoms with Gasteiger partial charge in [-0.25, -0.2) is 0 Å². The molecule has 1 aromatic heterocycles. The van der Waals surface area contributed by atoms with Crippen molar-refractivity contribution in [2.45, 2.75) is 19.6 Å². The molecule has 9 heteroatoms. The van der Waals surface area contributed by atoms with Crippen LogP contribution in [-0.2, 0) is 12.7 Å². The fraction of sp³-hybridized carbons (Fsp3) is 0.200. The van der Waals surface area contributed by atoms with E-state index in [1.54, 1.807) is 12.1 Å². The van der Waals surface area contributed by atoms with E-state index in [1.807, 2.05) is 13.0 Å². The van der Waals surface area contributed by atoms with Gasteiger partial charge in [0.05, 0.1) is 22.8 Å². The van der Waals surface area contributed by atoms with Crippen molar-refractivity contribution in [1.82, 2.24) is 10.3 Å². The molecular formula is C15H12Cl2F3N3S. The average Bonchev–Trinajstić information content (AvgIpc) is 2.49. The van der Waals surface area contributed by atoms with Crippen LogP contribution in [-0.4, -0.2) is 10.1 Å². The molecule has 0 atom stereocenters. The minimum Gasteiger partial charge on any atom is -0.357 e. The Morgan fingerprint density at radius 1 is 1.21 bits per heavy atom. The molecule has 2 N–H and O–H groups in total. The van der Waals surface area contributed by atoms with Gasteiger partial charge in [-0.15, -0.1) is 0 Å². The topological polar surface area (TPSA) is 37.0 Å². The normalized spacial score (nSPS) is 11.2. The summed E-state index contributed by atoms with van der Waals surface area (Å²) in [6, 6.07) is 6.19. The molecule has 0 saturated heterocycles. The number of thiocarbonyl (C=S) groups is 1. The van der Waals surface area contributed by atoms with Gasteiger partial charge in [0.25, 0.3) is 0 Å². The highest BCUT2D eigenvalue weighted by Crippen LogP contribution is 2.31. The summed E-state index contributed by atoms with van der Waals surface area (Å²) < 4.78 is 37.7. The molecule has 24 heavy (non-hydrogen) atoms. The van der Waals surface area contributed by atoms with Crippen molar-refractivity contribution < 1.29 is 13.2 Å². The van der Waals surface area contributed by atoms with Crippen LogP contribution in [0.5, 0.6) is 0 Å². The summed E-state index contributed by atoms with van der Waals surface area (Å²) in [5.41, 5.74) is 0.985. The van der Waals surface area contributed by atoms with Gasteiger partial charge >= 0.3 is 6.18 Å². The number of hydrogen-bond acceptors (Lipinski definition) is 2. The van der Waals surface area contributed by atoms with Crippen molar-refractivity contribution >= 4 is 46.2 Å². The molecule has 0 amide bonds. The molecule has 2 rings (SSSR count). The average molecular weight is 394 g/mol. The van der Waals surface area contributed by atoms with Crippen molar-refractivity contribution in [2.24, 2.45) is 0 Å². The van der Waals surface area contributed by atoms with E-state index in [-0.39, 0.29) is 22.4 Å². The highest BCUT2D eigenvalue weighted by Gasteiger charge is 2.31. The number of halogens is 5.